The predicted octanol–water partition coefficient (Wildman–Crippen LogP) is 4.92. The molecular weight excluding hydrogens is 458 g/mol. The first-order valence-electron chi connectivity index (χ1n) is 10.7. The number of nitrogens with zero attached hydrogens (tertiary/aromatic N) is 2. The summed E-state index contributed by atoms with van der Waals surface area (Å²) in [6, 6.07) is 15.7. The third-order valence-corrected chi connectivity index (χ3v) is 6.87. The van der Waals surface area contributed by atoms with Gasteiger partial charge >= 0.3 is 5.97 Å². The number of benzene rings is 2. The molecule has 0 unspecified atom stereocenters. The van der Waals surface area contributed by atoms with Crippen molar-refractivity contribution < 1.29 is 14.3 Å². The summed E-state index contributed by atoms with van der Waals surface area (Å²) in [6.07, 6.45) is 0. The molecule has 2 heterocycles. The monoisotopic (exact) mass is 483 g/mol. The Morgan fingerprint density at radius 3 is 2.33 bits per heavy atom. The highest BCUT2D eigenvalue weighted by Gasteiger charge is 2.24. The van der Waals surface area contributed by atoms with Crippen LogP contribution in [0.5, 0.6) is 0 Å². The lowest BCUT2D eigenvalue weighted by Crippen LogP contribution is -2.48. The lowest BCUT2D eigenvalue weighted by Gasteiger charge is -2.35. The minimum atomic E-state index is -0.460. The Morgan fingerprint density at radius 1 is 1.03 bits per heavy atom. The number of ether oxygens (including phenoxy) is 1. The van der Waals surface area contributed by atoms with Crippen LogP contribution in [0.2, 0.25) is 5.02 Å². The Labute approximate surface area is 202 Å². The molecule has 0 bridgehead atoms. The van der Waals surface area contributed by atoms with Crippen molar-refractivity contribution in [2.45, 2.75) is 6.92 Å². The van der Waals surface area contributed by atoms with Gasteiger partial charge in [0.1, 0.15) is 10.6 Å². The fourth-order valence-corrected chi connectivity index (χ4v) is 4.99. The molecule has 0 aliphatic carbocycles. The van der Waals surface area contributed by atoms with E-state index in [1.54, 1.807) is 0 Å². The van der Waals surface area contributed by atoms with Crippen molar-refractivity contribution in [2.24, 2.45) is 0 Å². The largest absolute Gasteiger partial charge is 0.465 e. The van der Waals surface area contributed by atoms with Gasteiger partial charge in [-0.3, -0.25) is 9.69 Å². The maximum absolute atomic E-state index is 12.8. The number of aryl methyl sites for hydroxylation is 1. The summed E-state index contributed by atoms with van der Waals surface area (Å²) in [7, 11) is 1.35. The van der Waals surface area contributed by atoms with Crippen molar-refractivity contribution in [3.63, 3.8) is 0 Å². The highest BCUT2D eigenvalue weighted by atomic mass is 35.5. The topological polar surface area (TPSA) is 61.9 Å². The number of carbonyl (C=O) groups is 2. The molecule has 1 fully saturated rings. The van der Waals surface area contributed by atoms with Crippen molar-refractivity contribution in [2.75, 3.05) is 50.1 Å². The molecule has 1 aromatic heterocycles. The van der Waals surface area contributed by atoms with Gasteiger partial charge in [-0.2, -0.15) is 0 Å². The molecule has 1 amide bonds. The molecule has 0 saturated carbocycles. The molecule has 1 aliphatic heterocycles. The van der Waals surface area contributed by atoms with E-state index in [1.165, 1.54) is 18.4 Å². The molecule has 1 aliphatic rings. The van der Waals surface area contributed by atoms with Gasteiger partial charge in [-0.15, -0.1) is 11.3 Å². The van der Waals surface area contributed by atoms with Crippen LogP contribution in [0.15, 0.2) is 53.9 Å². The fourth-order valence-electron chi connectivity index (χ4n) is 3.89. The van der Waals surface area contributed by atoms with Crippen LogP contribution in [0, 0.1) is 6.92 Å². The van der Waals surface area contributed by atoms with Crippen LogP contribution >= 0.6 is 22.9 Å². The number of carbonyl (C=O) groups excluding carboxylic acids is 2. The summed E-state index contributed by atoms with van der Waals surface area (Å²) in [4.78, 5) is 29.7. The highest BCUT2D eigenvalue weighted by Crippen LogP contribution is 2.36. The average Bonchev–Trinajstić information content (AvgIpc) is 3.23. The minimum absolute atomic E-state index is 0.141. The van der Waals surface area contributed by atoms with Crippen LogP contribution in [-0.2, 0) is 9.53 Å². The molecule has 2 aromatic carbocycles. The molecule has 3 aromatic rings. The summed E-state index contributed by atoms with van der Waals surface area (Å²) < 4.78 is 5.01. The standard InChI is InChI=1S/C25H26ClN3O3S/c1-17-3-5-18(6-4-17)21-16-33-24(23(21)25(31)32-2)27-22(30)15-28-11-13-29(14-12-28)20-9-7-19(26)8-10-20/h3-10,16H,11-15H2,1-2H3,(H,27,30). The quantitative estimate of drug-likeness (QED) is 0.504. The maximum atomic E-state index is 12.8. The number of nitrogens with one attached hydrogen (secondary N) is 1. The molecule has 8 heteroatoms. The lowest BCUT2D eigenvalue weighted by atomic mass is 10.0. The summed E-state index contributed by atoms with van der Waals surface area (Å²) in [5.74, 6) is -0.601. The average molecular weight is 484 g/mol. The number of amides is 1. The van der Waals surface area contributed by atoms with Crippen LogP contribution in [0.3, 0.4) is 0 Å². The molecule has 33 heavy (non-hydrogen) atoms. The van der Waals surface area contributed by atoms with Gasteiger partial charge in [0.25, 0.3) is 0 Å². The number of piperazine rings is 1. The number of hydrogen-bond donors (Lipinski definition) is 1. The number of hydrogen-bond acceptors (Lipinski definition) is 6. The van der Waals surface area contributed by atoms with Crippen LogP contribution < -0.4 is 10.2 Å². The van der Waals surface area contributed by atoms with E-state index in [0.717, 1.165) is 53.6 Å². The number of rotatable bonds is 6. The van der Waals surface area contributed by atoms with Gasteiger partial charge in [-0.1, -0.05) is 41.4 Å². The van der Waals surface area contributed by atoms with Crippen LogP contribution in [-0.4, -0.2) is 56.6 Å². The van der Waals surface area contributed by atoms with Gasteiger partial charge in [0.05, 0.1) is 13.7 Å². The van der Waals surface area contributed by atoms with Crippen molar-refractivity contribution in [3.8, 4) is 11.1 Å². The summed E-state index contributed by atoms with van der Waals surface area (Å²) in [5.41, 5.74) is 4.34. The van der Waals surface area contributed by atoms with E-state index in [9.17, 15) is 9.59 Å². The number of methoxy groups -OCH3 is 1. The van der Waals surface area contributed by atoms with E-state index in [2.05, 4.69) is 15.1 Å². The SMILES string of the molecule is COC(=O)c1c(-c2ccc(C)cc2)csc1NC(=O)CN1CCN(c2ccc(Cl)cc2)CC1. The number of anilines is 2. The van der Waals surface area contributed by atoms with Crippen LogP contribution in [0.1, 0.15) is 15.9 Å². The van der Waals surface area contributed by atoms with Crippen molar-refractivity contribution in [1.29, 1.82) is 0 Å². The van der Waals surface area contributed by atoms with E-state index < -0.39 is 5.97 Å². The molecule has 0 spiro atoms. The van der Waals surface area contributed by atoms with Crippen LogP contribution in [0.4, 0.5) is 10.7 Å². The molecule has 0 atom stereocenters. The first-order valence-corrected chi connectivity index (χ1v) is 12.0. The summed E-state index contributed by atoms with van der Waals surface area (Å²) in [6.45, 7) is 5.50. The highest BCUT2D eigenvalue weighted by molar-refractivity contribution is 7.15. The van der Waals surface area contributed by atoms with Crippen molar-refractivity contribution in [3.05, 3.63) is 70.1 Å². The molecule has 0 radical (unpaired) electrons. The Bertz CT molecular complexity index is 1120. The molecule has 1 N–H and O–H groups in total. The first-order chi connectivity index (χ1) is 15.9. The molecule has 6 nitrogen and oxygen atoms in total. The van der Waals surface area contributed by atoms with Gasteiger partial charge in [-0.25, -0.2) is 4.79 Å². The van der Waals surface area contributed by atoms with Gasteiger partial charge in [-0.05, 0) is 36.8 Å². The van der Waals surface area contributed by atoms with E-state index in [4.69, 9.17) is 16.3 Å². The van der Waals surface area contributed by atoms with E-state index in [0.29, 0.717) is 10.6 Å². The molecule has 172 valence electrons. The zero-order valence-corrected chi connectivity index (χ0v) is 20.2. The van der Waals surface area contributed by atoms with E-state index in [1.807, 2.05) is 60.8 Å². The smallest absolute Gasteiger partial charge is 0.341 e. The van der Waals surface area contributed by atoms with E-state index in [-0.39, 0.29) is 12.5 Å². The summed E-state index contributed by atoms with van der Waals surface area (Å²) >= 11 is 7.32. The van der Waals surface area contributed by atoms with Crippen molar-refractivity contribution >= 4 is 45.5 Å². The number of thiophene rings is 1. The van der Waals surface area contributed by atoms with Crippen molar-refractivity contribution in [1.82, 2.24) is 4.90 Å². The third-order valence-electron chi connectivity index (χ3n) is 5.73. The zero-order chi connectivity index (χ0) is 23.4. The van der Waals surface area contributed by atoms with Gasteiger partial charge in [0.15, 0.2) is 0 Å². The Hall–Kier alpha value is -2.87. The second-order valence-electron chi connectivity index (χ2n) is 8.00. The zero-order valence-electron chi connectivity index (χ0n) is 18.6. The second kappa shape index (κ2) is 10.4. The number of halogens is 1. The fraction of sp³-hybridized carbons (Fsp3) is 0.280. The van der Waals surface area contributed by atoms with Crippen LogP contribution in [0.25, 0.3) is 11.1 Å². The normalized spacial score (nSPS) is 14.2. The Morgan fingerprint density at radius 2 is 1.70 bits per heavy atom. The maximum Gasteiger partial charge on any atom is 0.341 e. The first kappa shape index (κ1) is 23.3. The van der Waals surface area contributed by atoms with Gasteiger partial charge < -0.3 is 15.0 Å². The number of esters is 1. The Balaban J connectivity index is 1.40. The lowest BCUT2D eigenvalue weighted by molar-refractivity contribution is -0.117. The minimum Gasteiger partial charge on any atom is -0.465 e. The second-order valence-corrected chi connectivity index (χ2v) is 9.31. The summed E-state index contributed by atoms with van der Waals surface area (Å²) in [5, 5.41) is 6.06. The third kappa shape index (κ3) is 5.55. The molecule has 1 saturated heterocycles. The Kier molecular flexibility index (Phi) is 7.33. The van der Waals surface area contributed by atoms with Gasteiger partial charge in [0, 0.05) is 47.8 Å². The molecule has 4 rings (SSSR count). The predicted molar refractivity (Wildman–Crippen MR) is 135 cm³/mol. The molecular formula is C25H26ClN3O3S. The van der Waals surface area contributed by atoms with Gasteiger partial charge in [0.2, 0.25) is 5.91 Å². The van der Waals surface area contributed by atoms with E-state index >= 15 is 0 Å².